The van der Waals surface area contributed by atoms with Gasteiger partial charge in [-0.05, 0) is 54.1 Å². The van der Waals surface area contributed by atoms with Crippen LogP contribution in [-0.2, 0) is 23.9 Å². The van der Waals surface area contributed by atoms with Gasteiger partial charge in [0.1, 0.15) is 11.6 Å². The maximum atomic E-state index is 14.6. The van der Waals surface area contributed by atoms with E-state index in [1.54, 1.807) is 67.8 Å². The van der Waals surface area contributed by atoms with Gasteiger partial charge in [0.25, 0.3) is 11.8 Å². The van der Waals surface area contributed by atoms with E-state index >= 15 is 0 Å². The summed E-state index contributed by atoms with van der Waals surface area (Å²) in [7, 11) is -0.0860. The van der Waals surface area contributed by atoms with Gasteiger partial charge in [0.05, 0.1) is 45.5 Å². The Kier molecular flexibility index (Phi) is 6.83. The summed E-state index contributed by atoms with van der Waals surface area (Å²) in [5.41, 5.74) is 2.07. The fourth-order valence-electron chi connectivity index (χ4n) is 4.19. The number of amides is 2. The number of fused-ring (bicyclic) bond motifs is 2. The molecule has 1 N–H and O–H groups in total. The number of carbonyl (C=O) groups excluding carboxylic acids is 2. The van der Waals surface area contributed by atoms with Gasteiger partial charge in [-0.25, -0.2) is 8.60 Å². The molecule has 1 heterocycles. The number of rotatable bonds is 6. The van der Waals surface area contributed by atoms with Gasteiger partial charge in [-0.2, -0.15) is 0 Å². The Bertz CT molecular complexity index is 1520. The van der Waals surface area contributed by atoms with Crippen LogP contribution in [0.5, 0.6) is 5.75 Å². The number of halogens is 1. The van der Waals surface area contributed by atoms with Crippen molar-refractivity contribution in [1.29, 1.82) is 0 Å². The maximum absolute atomic E-state index is 14.6. The van der Waals surface area contributed by atoms with Crippen LogP contribution in [0.4, 0.5) is 10.1 Å². The van der Waals surface area contributed by atoms with Crippen LogP contribution in [0.2, 0.25) is 0 Å². The second kappa shape index (κ2) is 10.4. The molecular weight excluding hydrogens is 491 g/mol. The summed E-state index contributed by atoms with van der Waals surface area (Å²) in [4.78, 5) is 28.8. The second-order valence-corrected chi connectivity index (χ2v) is 9.88. The lowest BCUT2D eigenvalue weighted by molar-refractivity contribution is 0.0947. The molecule has 0 unspecified atom stereocenters. The normalized spacial score (nSPS) is 14.4. The van der Waals surface area contributed by atoms with Crippen molar-refractivity contribution in [3.8, 4) is 5.75 Å². The Balaban J connectivity index is 1.51. The van der Waals surface area contributed by atoms with Gasteiger partial charge >= 0.3 is 0 Å². The number of ether oxygens (including phenoxy) is 1. The number of anilines is 1. The Morgan fingerprint density at radius 2 is 1.68 bits per heavy atom. The number of methoxy groups -OCH3 is 1. The van der Waals surface area contributed by atoms with Gasteiger partial charge in [-0.1, -0.05) is 42.5 Å². The Labute approximate surface area is 216 Å². The number of carbonyl (C=O) groups is 2. The van der Waals surface area contributed by atoms with E-state index in [9.17, 15) is 18.2 Å². The SMILES string of the molecule is COc1ccc(CNC(=O)c2ccc3c(c2)N(Cc2ccccc2F)C(=O)c2ccccc2[S@]3=O)cc1. The molecule has 2 amide bonds. The molecule has 0 fully saturated rings. The van der Waals surface area contributed by atoms with E-state index in [2.05, 4.69) is 5.32 Å². The molecule has 0 spiro atoms. The highest BCUT2D eigenvalue weighted by Gasteiger charge is 2.32. The topological polar surface area (TPSA) is 75.7 Å². The lowest BCUT2D eigenvalue weighted by atomic mass is 10.1. The smallest absolute Gasteiger partial charge is 0.259 e. The molecule has 0 saturated carbocycles. The van der Waals surface area contributed by atoms with Gasteiger partial charge in [-0.15, -0.1) is 0 Å². The monoisotopic (exact) mass is 514 g/mol. The molecule has 1 atom stereocenters. The lowest BCUT2D eigenvalue weighted by Crippen LogP contribution is -2.31. The van der Waals surface area contributed by atoms with E-state index in [0.717, 1.165) is 11.3 Å². The van der Waals surface area contributed by atoms with Crippen LogP contribution in [-0.4, -0.2) is 23.1 Å². The van der Waals surface area contributed by atoms with E-state index in [1.165, 1.54) is 11.0 Å². The maximum Gasteiger partial charge on any atom is 0.259 e. The van der Waals surface area contributed by atoms with Crippen molar-refractivity contribution >= 4 is 28.3 Å². The van der Waals surface area contributed by atoms with E-state index in [0.29, 0.717) is 26.6 Å². The largest absolute Gasteiger partial charge is 0.497 e. The fourth-order valence-corrected chi connectivity index (χ4v) is 5.53. The number of hydrogen-bond donors (Lipinski definition) is 1. The Morgan fingerprint density at radius 1 is 0.946 bits per heavy atom. The molecule has 186 valence electrons. The first-order valence-corrected chi connectivity index (χ1v) is 12.7. The van der Waals surface area contributed by atoms with E-state index in [4.69, 9.17) is 4.74 Å². The molecule has 0 saturated heterocycles. The first-order valence-electron chi connectivity index (χ1n) is 11.6. The molecule has 5 rings (SSSR count). The highest BCUT2D eigenvalue weighted by Crippen LogP contribution is 2.36. The molecule has 8 heteroatoms. The third-order valence-electron chi connectivity index (χ3n) is 6.17. The predicted octanol–water partition coefficient (Wildman–Crippen LogP) is 5.09. The van der Waals surface area contributed by atoms with Crippen molar-refractivity contribution < 1.29 is 22.9 Å². The number of benzene rings is 4. The van der Waals surface area contributed by atoms with Gasteiger partial charge < -0.3 is 15.0 Å². The predicted molar refractivity (Wildman–Crippen MR) is 139 cm³/mol. The van der Waals surface area contributed by atoms with Gasteiger partial charge in [0, 0.05) is 17.7 Å². The van der Waals surface area contributed by atoms with Crippen LogP contribution in [0.1, 0.15) is 31.8 Å². The summed E-state index contributed by atoms with van der Waals surface area (Å²) in [5.74, 6) is -0.510. The molecule has 4 aromatic carbocycles. The van der Waals surface area contributed by atoms with Crippen LogP contribution >= 0.6 is 0 Å². The molecule has 1 aliphatic rings. The summed E-state index contributed by atoms with van der Waals surface area (Å²) in [6, 6.07) is 24.9. The van der Waals surface area contributed by atoms with Crippen molar-refractivity contribution in [1.82, 2.24) is 5.32 Å². The zero-order chi connectivity index (χ0) is 25.9. The van der Waals surface area contributed by atoms with Crippen molar-refractivity contribution in [3.63, 3.8) is 0 Å². The molecule has 0 bridgehead atoms. The van der Waals surface area contributed by atoms with Crippen molar-refractivity contribution in [3.05, 3.63) is 119 Å². The summed E-state index contributed by atoms with van der Waals surface area (Å²) >= 11 is 0. The summed E-state index contributed by atoms with van der Waals surface area (Å²) in [6.07, 6.45) is 0. The third kappa shape index (κ3) is 4.88. The summed E-state index contributed by atoms with van der Waals surface area (Å²) in [6.45, 7) is 0.204. The van der Waals surface area contributed by atoms with Gasteiger partial charge in [-0.3, -0.25) is 9.59 Å². The van der Waals surface area contributed by atoms with Crippen molar-refractivity contribution in [2.75, 3.05) is 12.0 Å². The minimum atomic E-state index is -1.67. The summed E-state index contributed by atoms with van der Waals surface area (Å²) in [5, 5.41) is 2.87. The quantitative estimate of drug-likeness (QED) is 0.389. The van der Waals surface area contributed by atoms with Crippen LogP contribution < -0.4 is 15.0 Å². The Morgan fingerprint density at radius 3 is 2.43 bits per heavy atom. The average Bonchev–Trinajstić information content (AvgIpc) is 3.02. The zero-order valence-electron chi connectivity index (χ0n) is 19.9. The van der Waals surface area contributed by atoms with Crippen LogP contribution in [0.25, 0.3) is 0 Å². The highest BCUT2D eigenvalue weighted by molar-refractivity contribution is 7.85. The summed E-state index contributed by atoms with van der Waals surface area (Å²) < 4.78 is 33.3. The van der Waals surface area contributed by atoms with Crippen molar-refractivity contribution in [2.24, 2.45) is 0 Å². The third-order valence-corrected chi connectivity index (χ3v) is 7.67. The molecule has 37 heavy (non-hydrogen) atoms. The molecule has 0 radical (unpaired) electrons. The second-order valence-electron chi connectivity index (χ2n) is 8.46. The molecule has 0 aromatic heterocycles. The van der Waals surface area contributed by atoms with E-state index in [-0.39, 0.29) is 24.6 Å². The minimum Gasteiger partial charge on any atom is -0.497 e. The van der Waals surface area contributed by atoms with Crippen LogP contribution in [0, 0.1) is 5.82 Å². The molecule has 0 aliphatic carbocycles. The van der Waals surface area contributed by atoms with E-state index < -0.39 is 22.5 Å². The van der Waals surface area contributed by atoms with Crippen molar-refractivity contribution in [2.45, 2.75) is 22.9 Å². The van der Waals surface area contributed by atoms with Gasteiger partial charge in [0.2, 0.25) is 0 Å². The number of nitrogens with zero attached hydrogens (tertiary/aromatic N) is 1. The molecule has 4 aromatic rings. The number of hydrogen-bond acceptors (Lipinski definition) is 4. The fraction of sp³-hybridized carbons (Fsp3) is 0.103. The first kappa shape index (κ1) is 24.4. The molecule has 6 nitrogen and oxygen atoms in total. The molecular formula is C29H23FN2O4S. The number of nitrogens with one attached hydrogen (secondary N) is 1. The van der Waals surface area contributed by atoms with Crippen LogP contribution in [0.15, 0.2) is 101 Å². The molecule has 1 aliphatic heterocycles. The Hall–Kier alpha value is -4.30. The van der Waals surface area contributed by atoms with Crippen LogP contribution in [0.3, 0.4) is 0 Å². The standard InChI is InChI=1S/C29H23FN2O4S/c1-36-22-13-10-19(11-14-22)17-31-28(33)20-12-15-27-25(16-20)32(18-21-6-2-4-8-24(21)30)29(34)23-7-3-5-9-26(23)37(27)35/h2-16H,17-18H2,1H3,(H,31,33)/t37-/m1/s1. The van der Waals surface area contributed by atoms with Gasteiger partial charge in [0.15, 0.2) is 0 Å². The minimum absolute atomic E-state index is 0.0824. The highest BCUT2D eigenvalue weighted by atomic mass is 32.2. The first-order chi connectivity index (χ1) is 18.0. The van der Waals surface area contributed by atoms with E-state index in [1.807, 2.05) is 24.3 Å². The zero-order valence-corrected chi connectivity index (χ0v) is 20.8. The lowest BCUT2D eigenvalue weighted by Gasteiger charge is -2.24. The average molecular weight is 515 g/mol.